The Hall–Kier alpha value is -1.63. The van der Waals surface area contributed by atoms with Crippen molar-refractivity contribution in [2.75, 3.05) is 0 Å². The van der Waals surface area contributed by atoms with Crippen LogP contribution in [0.15, 0.2) is 54.9 Å². The Morgan fingerprint density at radius 1 is 0.636 bits per heavy atom. The highest BCUT2D eigenvalue weighted by atomic mass is 14.6. The van der Waals surface area contributed by atoms with Crippen molar-refractivity contribution in [1.82, 2.24) is 4.98 Å². The van der Waals surface area contributed by atoms with E-state index in [9.17, 15) is 0 Å². The van der Waals surface area contributed by atoms with E-state index in [1.165, 1.54) is 11.1 Å². The molecule has 1 aromatic carbocycles. The molecular formula is C21H35N. The van der Waals surface area contributed by atoms with Crippen molar-refractivity contribution in [3.8, 4) is 0 Å². The molecule has 0 atom stereocenters. The average Bonchev–Trinajstić information content (AvgIpc) is 2.60. The number of hydrogen-bond donors (Lipinski definition) is 0. The van der Waals surface area contributed by atoms with Gasteiger partial charge in [-0.2, -0.15) is 0 Å². The molecule has 0 saturated heterocycles. The first kappa shape index (κ1) is 22.6. The van der Waals surface area contributed by atoms with Crippen LogP contribution in [0.4, 0.5) is 0 Å². The zero-order valence-corrected chi connectivity index (χ0v) is 15.8. The summed E-state index contributed by atoms with van der Waals surface area (Å²) in [5.41, 5.74) is 2.72. The van der Waals surface area contributed by atoms with Gasteiger partial charge in [-0.25, -0.2) is 0 Å². The summed E-state index contributed by atoms with van der Waals surface area (Å²) in [6, 6.07) is 14.6. The molecule has 2 aromatic rings. The van der Waals surface area contributed by atoms with Gasteiger partial charge in [0.05, 0.1) is 0 Å². The maximum atomic E-state index is 4.01. The van der Waals surface area contributed by atoms with Gasteiger partial charge in [0, 0.05) is 12.4 Å². The van der Waals surface area contributed by atoms with Gasteiger partial charge in [0.2, 0.25) is 0 Å². The summed E-state index contributed by atoms with van der Waals surface area (Å²) in [7, 11) is 0. The van der Waals surface area contributed by atoms with Crippen molar-refractivity contribution in [3.05, 3.63) is 66.0 Å². The first-order chi connectivity index (χ1) is 10.6. The van der Waals surface area contributed by atoms with Crippen molar-refractivity contribution >= 4 is 0 Å². The molecule has 2 rings (SSSR count). The number of hydrogen-bond acceptors (Lipinski definition) is 1. The minimum Gasteiger partial charge on any atom is -0.264 e. The minimum atomic E-state index is 0.596. The van der Waals surface area contributed by atoms with Crippen molar-refractivity contribution in [3.63, 3.8) is 0 Å². The summed E-state index contributed by atoms with van der Waals surface area (Å²) in [6.07, 6.45) is 3.70. The molecule has 0 saturated carbocycles. The Morgan fingerprint density at radius 3 is 1.36 bits per heavy atom. The number of aromatic nitrogens is 1. The fourth-order valence-corrected chi connectivity index (χ4v) is 1.56. The Balaban J connectivity index is 0. The summed E-state index contributed by atoms with van der Waals surface area (Å²) in [4.78, 5) is 4.01. The zero-order chi connectivity index (χ0) is 17.4. The maximum absolute atomic E-state index is 4.01. The Labute approximate surface area is 138 Å². The van der Waals surface area contributed by atoms with Crippen LogP contribution in [0.5, 0.6) is 0 Å². The summed E-state index contributed by atoms with van der Waals surface area (Å²) >= 11 is 0. The van der Waals surface area contributed by atoms with Gasteiger partial charge in [-0.1, -0.05) is 91.8 Å². The van der Waals surface area contributed by atoms with E-state index in [4.69, 9.17) is 0 Å². The van der Waals surface area contributed by atoms with Crippen molar-refractivity contribution in [1.29, 1.82) is 0 Å². The van der Waals surface area contributed by atoms with Gasteiger partial charge < -0.3 is 0 Å². The van der Waals surface area contributed by atoms with Gasteiger partial charge >= 0.3 is 0 Å². The third-order valence-electron chi connectivity index (χ3n) is 2.82. The molecule has 124 valence electrons. The quantitative estimate of drug-likeness (QED) is 0.578. The summed E-state index contributed by atoms with van der Waals surface area (Å²) in [5, 5.41) is 0. The molecule has 0 fully saturated rings. The van der Waals surface area contributed by atoms with Crippen LogP contribution in [-0.2, 0) is 0 Å². The Bertz CT molecular complexity index is 375. The van der Waals surface area contributed by atoms with Crippen LogP contribution in [0.1, 0.15) is 78.4 Å². The fraction of sp³-hybridized carbons (Fsp3) is 0.476. The lowest BCUT2D eigenvalue weighted by Crippen LogP contribution is -1.85. The highest BCUT2D eigenvalue weighted by Crippen LogP contribution is 2.11. The third kappa shape index (κ3) is 11.1. The van der Waals surface area contributed by atoms with E-state index in [0.717, 1.165) is 0 Å². The van der Waals surface area contributed by atoms with Gasteiger partial charge in [0.15, 0.2) is 0 Å². The highest BCUT2D eigenvalue weighted by molar-refractivity contribution is 5.17. The molecule has 0 aliphatic carbocycles. The standard InChI is InChI=1S/C9H12.C8H11N.2C2H6/c1-8(2)9-6-4-3-5-7-9;1-7(2)8-4-3-5-9-6-8;2*1-2/h3-8H,1-2H3;3-7H,1-2H3;2*1-2H3. The second-order valence-electron chi connectivity index (χ2n) is 5.01. The van der Waals surface area contributed by atoms with Gasteiger partial charge in [0.1, 0.15) is 0 Å². The van der Waals surface area contributed by atoms with E-state index in [1.807, 2.05) is 46.0 Å². The molecule has 1 aromatic heterocycles. The molecule has 0 aliphatic rings. The molecule has 0 bridgehead atoms. The molecule has 0 N–H and O–H groups in total. The molecule has 22 heavy (non-hydrogen) atoms. The number of nitrogens with zero attached hydrogens (tertiary/aromatic N) is 1. The van der Waals surface area contributed by atoms with Crippen LogP contribution >= 0.6 is 0 Å². The average molecular weight is 302 g/mol. The lowest BCUT2D eigenvalue weighted by molar-refractivity contribution is 0.858. The van der Waals surface area contributed by atoms with Crippen LogP contribution in [-0.4, -0.2) is 4.98 Å². The molecular weight excluding hydrogens is 266 g/mol. The second kappa shape index (κ2) is 15.8. The van der Waals surface area contributed by atoms with E-state index in [0.29, 0.717) is 11.8 Å². The van der Waals surface area contributed by atoms with E-state index >= 15 is 0 Å². The van der Waals surface area contributed by atoms with Gasteiger partial charge in [0.25, 0.3) is 0 Å². The molecule has 0 spiro atoms. The number of benzene rings is 1. The predicted octanol–water partition coefficient (Wildman–Crippen LogP) is 7.07. The van der Waals surface area contributed by atoms with Crippen LogP contribution in [0, 0.1) is 0 Å². The molecule has 0 aliphatic heterocycles. The molecule has 1 nitrogen and oxygen atoms in total. The van der Waals surface area contributed by atoms with Crippen molar-refractivity contribution in [2.45, 2.75) is 67.2 Å². The van der Waals surface area contributed by atoms with E-state index in [1.54, 1.807) is 6.20 Å². The molecule has 0 unspecified atom stereocenters. The smallest absolute Gasteiger partial charge is 0.0302 e. The van der Waals surface area contributed by atoms with E-state index < -0.39 is 0 Å². The third-order valence-corrected chi connectivity index (χ3v) is 2.82. The number of pyridine rings is 1. The van der Waals surface area contributed by atoms with Crippen LogP contribution < -0.4 is 0 Å². The highest BCUT2D eigenvalue weighted by Gasteiger charge is 1.94. The second-order valence-corrected chi connectivity index (χ2v) is 5.01. The summed E-state index contributed by atoms with van der Waals surface area (Å²) in [6.45, 7) is 16.7. The zero-order valence-electron chi connectivity index (χ0n) is 15.8. The van der Waals surface area contributed by atoms with Crippen LogP contribution in [0.25, 0.3) is 0 Å². The largest absolute Gasteiger partial charge is 0.264 e. The van der Waals surface area contributed by atoms with Gasteiger partial charge in [-0.15, -0.1) is 0 Å². The monoisotopic (exact) mass is 301 g/mol. The van der Waals surface area contributed by atoms with Crippen LogP contribution in [0.2, 0.25) is 0 Å². The first-order valence-electron chi connectivity index (χ1n) is 8.56. The lowest BCUT2D eigenvalue weighted by Gasteiger charge is -2.01. The minimum absolute atomic E-state index is 0.596. The topological polar surface area (TPSA) is 12.9 Å². The van der Waals surface area contributed by atoms with Gasteiger partial charge in [-0.3, -0.25) is 4.98 Å². The summed E-state index contributed by atoms with van der Waals surface area (Å²) in [5.74, 6) is 1.25. The van der Waals surface area contributed by atoms with Crippen molar-refractivity contribution in [2.24, 2.45) is 0 Å². The predicted molar refractivity (Wildman–Crippen MR) is 102 cm³/mol. The van der Waals surface area contributed by atoms with E-state index in [2.05, 4.69) is 63.0 Å². The first-order valence-corrected chi connectivity index (χ1v) is 8.56. The van der Waals surface area contributed by atoms with Gasteiger partial charge in [-0.05, 0) is 29.0 Å². The summed E-state index contributed by atoms with van der Waals surface area (Å²) < 4.78 is 0. The lowest BCUT2D eigenvalue weighted by atomic mass is 10.0. The fourth-order valence-electron chi connectivity index (χ4n) is 1.56. The Morgan fingerprint density at radius 2 is 1.09 bits per heavy atom. The molecule has 0 radical (unpaired) electrons. The SMILES string of the molecule is CC.CC.CC(C)c1ccccc1.CC(C)c1cccnc1. The van der Waals surface area contributed by atoms with Crippen molar-refractivity contribution < 1.29 is 0 Å². The Kier molecular flexibility index (Phi) is 16.2. The molecule has 1 heteroatoms. The normalized spacial score (nSPS) is 8.82. The molecule has 1 heterocycles. The van der Waals surface area contributed by atoms with Crippen LogP contribution in [0.3, 0.4) is 0 Å². The number of rotatable bonds is 2. The molecule has 0 amide bonds. The maximum Gasteiger partial charge on any atom is 0.0302 e. The van der Waals surface area contributed by atoms with E-state index in [-0.39, 0.29) is 0 Å².